The Balaban J connectivity index is 2.49. The summed E-state index contributed by atoms with van der Waals surface area (Å²) in [5.74, 6) is -0.710. The number of anilines is 1. The van der Waals surface area contributed by atoms with Crippen molar-refractivity contribution in [2.24, 2.45) is 0 Å². The molecule has 2 aromatic carbocycles. The number of sulfonamides is 1. The molecule has 0 fully saturated rings. The molecule has 7 heteroatoms. The third kappa shape index (κ3) is 3.25. The van der Waals surface area contributed by atoms with Gasteiger partial charge in [0.25, 0.3) is 10.0 Å². The van der Waals surface area contributed by atoms with Crippen molar-refractivity contribution in [3.8, 4) is 5.75 Å². The minimum Gasteiger partial charge on any atom is -0.494 e. The SMILES string of the molecule is CCN(c1cccc(Br)c1)S(=O)(=O)c1ccc(OC)c(F)c1. The Morgan fingerprint density at radius 2 is 1.95 bits per heavy atom. The number of hydrogen-bond acceptors (Lipinski definition) is 3. The molecule has 2 rings (SSSR count). The second-order valence-electron chi connectivity index (χ2n) is 4.45. The van der Waals surface area contributed by atoms with Crippen molar-refractivity contribution in [3.05, 3.63) is 52.8 Å². The molecule has 0 saturated heterocycles. The standard InChI is InChI=1S/C15H15BrFNO3S/c1-3-18(12-6-4-5-11(16)9-12)22(19,20)13-7-8-15(21-2)14(17)10-13/h4-10H,3H2,1-2H3. The van der Waals surface area contributed by atoms with Crippen LogP contribution in [0.3, 0.4) is 0 Å². The van der Waals surface area contributed by atoms with Crippen LogP contribution in [0.4, 0.5) is 10.1 Å². The summed E-state index contributed by atoms with van der Waals surface area (Å²) in [6.07, 6.45) is 0. The van der Waals surface area contributed by atoms with E-state index in [4.69, 9.17) is 4.74 Å². The summed E-state index contributed by atoms with van der Waals surface area (Å²) in [5, 5.41) is 0. The molecule has 0 radical (unpaired) electrons. The molecule has 0 bridgehead atoms. The molecule has 2 aromatic rings. The van der Waals surface area contributed by atoms with E-state index in [1.807, 2.05) is 0 Å². The predicted octanol–water partition coefficient (Wildman–Crippen LogP) is 3.81. The van der Waals surface area contributed by atoms with Crippen LogP contribution < -0.4 is 9.04 Å². The molecule has 0 amide bonds. The van der Waals surface area contributed by atoms with E-state index < -0.39 is 15.8 Å². The molecule has 0 N–H and O–H groups in total. The maximum absolute atomic E-state index is 13.8. The van der Waals surface area contributed by atoms with Crippen molar-refractivity contribution in [2.45, 2.75) is 11.8 Å². The van der Waals surface area contributed by atoms with Gasteiger partial charge in [0.15, 0.2) is 11.6 Å². The largest absolute Gasteiger partial charge is 0.494 e. The van der Waals surface area contributed by atoms with Crippen LogP contribution in [0.1, 0.15) is 6.92 Å². The molecule has 0 heterocycles. The van der Waals surface area contributed by atoms with Gasteiger partial charge in [-0.3, -0.25) is 4.31 Å². The van der Waals surface area contributed by atoms with Crippen LogP contribution in [0, 0.1) is 5.82 Å². The average Bonchev–Trinajstić information content (AvgIpc) is 2.47. The average molecular weight is 388 g/mol. The molecule has 0 saturated carbocycles. The molecule has 0 spiro atoms. The molecule has 0 unspecified atom stereocenters. The van der Waals surface area contributed by atoms with Crippen molar-refractivity contribution in [2.75, 3.05) is 18.0 Å². The fraction of sp³-hybridized carbons (Fsp3) is 0.200. The Hall–Kier alpha value is -1.60. The maximum Gasteiger partial charge on any atom is 0.264 e. The molecule has 0 aliphatic carbocycles. The third-order valence-corrected chi connectivity index (χ3v) is 5.49. The first kappa shape index (κ1) is 16.8. The van der Waals surface area contributed by atoms with Crippen molar-refractivity contribution >= 4 is 31.6 Å². The third-order valence-electron chi connectivity index (χ3n) is 3.09. The van der Waals surface area contributed by atoms with Gasteiger partial charge in [0.2, 0.25) is 0 Å². The summed E-state index contributed by atoms with van der Waals surface area (Å²) >= 11 is 3.32. The first-order chi connectivity index (χ1) is 10.4. The van der Waals surface area contributed by atoms with E-state index in [0.717, 1.165) is 10.5 Å². The summed E-state index contributed by atoms with van der Waals surface area (Å²) in [5.41, 5.74) is 0.508. The maximum atomic E-state index is 13.8. The molecule has 0 atom stereocenters. The monoisotopic (exact) mass is 387 g/mol. The van der Waals surface area contributed by atoms with Gasteiger partial charge in [0.1, 0.15) is 0 Å². The van der Waals surface area contributed by atoms with E-state index in [-0.39, 0.29) is 17.2 Å². The topological polar surface area (TPSA) is 46.6 Å². The van der Waals surface area contributed by atoms with Gasteiger partial charge >= 0.3 is 0 Å². The summed E-state index contributed by atoms with van der Waals surface area (Å²) in [4.78, 5) is -0.118. The van der Waals surface area contributed by atoms with Crippen LogP contribution in [0.5, 0.6) is 5.75 Å². The number of methoxy groups -OCH3 is 1. The minimum absolute atomic E-state index is 0.00412. The predicted molar refractivity (Wildman–Crippen MR) is 87.3 cm³/mol. The molecule has 0 aromatic heterocycles. The number of ether oxygens (including phenoxy) is 1. The lowest BCUT2D eigenvalue weighted by molar-refractivity contribution is 0.385. The van der Waals surface area contributed by atoms with Gasteiger partial charge in [-0.05, 0) is 43.3 Å². The van der Waals surface area contributed by atoms with Crippen LogP contribution >= 0.6 is 15.9 Å². The summed E-state index contributed by atoms with van der Waals surface area (Å²) < 4.78 is 46.1. The van der Waals surface area contributed by atoms with E-state index in [9.17, 15) is 12.8 Å². The number of halogens is 2. The van der Waals surface area contributed by atoms with Crippen LogP contribution in [-0.4, -0.2) is 22.1 Å². The number of nitrogens with zero attached hydrogens (tertiary/aromatic N) is 1. The zero-order valence-electron chi connectivity index (χ0n) is 12.1. The number of rotatable bonds is 5. The van der Waals surface area contributed by atoms with Crippen LogP contribution in [0.2, 0.25) is 0 Å². The molecule has 118 valence electrons. The smallest absolute Gasteiger partial charge is 0.264 e. The molecule has 0 aliphatic rings. The van der Waals surface area contributed by atoms with Crippen molar-refractivity contribution in [3.63, 3.8) is 0 Å². The lowest BCUT2D eigenvalue weighted by Gasteiger charge is -2.23. The summed E-state index contributed by atoms with van der Waals surface area (Å²) in [6.45, 7) is 1.95. The Labute approximate surface area is 137 Å². The van der Waals surface area contributed by atoms with Crippen LogP contribution in [0.15, 0.2) is 51.8 Å². The van der Waals surface area contributed by atoms with Crippen molar-refractivity contribution < 1.29 is 17.5 Å². The second-order valence-corrected chi connectivity index (χ2v) is 7.22. The highest BCUT2D eigenvalue weighted by atomic mass is 79.9. The second kappa shape index (κ2) is 6.66. The minimum atomic E-state index is -3.85. The van der Waals surface area contributed by atoms with Gasteiger partial charge in [0, 0.05) is 11.0 Å². The highest BCUT2D eigenvalue weighted by Gasteiger charge is 2.25. The van der Waals surface area contributed by atoms with Crippen molar-refractivity contribution in [1.82, 2.24) is 0 Å². The quantitative estimate of drug-likeness (QED) is 0.783. The highest BCUT2D eigenvalue weighted by molar-refractivity contribution is 9.10. The zero-order valence-corrected chi connectivity index (χ0v) is 14.5. The van der Waals surface area contributed by atoms with Gasteiger partial charge in [-0.1, -0.05) is 22.0 Å². The Morgan fingerprint density at radius 1 is 1.23 bits per heavy atom. The summed E-state index contributed by atoms with van der Waals surface area (Å²) in [7, 11) is -2.53. The van der Waals surface area contributed by atoms with E-state index >= 15 is 0 Å². The molecular formula is C15H15BrFNO3S. The van der Waals surface area contributed by atoms with Gasteiger partial charge in [-0.25, -0.2) is 12.8 Å². The Kier molecular flexibility index (Phi) is 5.08. The van der Waals surface area contributed by atoms with Crippen molar-refractivity contribution in [1.29, 1.82) is 0 Å². The van der Waals surface area contributed by atoms with Gasteiger partial charge in [-0.2, -0.15) is 0 Å². The Bertz CT molecular complexity index is 780. The van der Waals surface area contributed by atoms with E-state index in [2.05, 4.69) is 15.9 Å². The Morgan fingerprint density at radius 3 is 2.50 bits per heavy atom. The van der Waals surface area contributed by atoms with Gasteiger partial charge in [0.05, 0.1) is 17.7 Å². The number of hydrogen-bond donors (Lipinski definition) is 0. The summed E-state index contributed by atoms with van der Waals surface area (Å²) in [6, 6.07) is 10.5. The number of benzene rings is 2. The fourth-order valence-corrected chi connectivity index (χ4v) is 3.92. The van der Waals surface area contributed by atoms with Crippen LogP contribution in [-0.2, 0) is 10.0 Å². The van der Waals surface area contributed by atoms with E-state index in [1.54, 1.807) is 31.2 Å². The molecule has 4 nitrogen and oxygen atoms in total. The molecule has 22 heavy (non-hydrogen) atoms. The zero-order chi connectivity index (χ0) is 16.3. The van der Waals surface area contributed by atoms with E-state index in [0.29, 0.717) is 5.69 Å². The lowest BCUT2D eigenvalue weighted by atomic mass is 10.3. The van der Waals surface area contributed by atoms with Gasteiger partial charge in [-0.15, -0.1) is 0 Å². The molecular weight excluding hydrogens is 373 g/mol. The van der Waals surface area contributed by atoms with Gasteiger partial charge < -0.3 is 4.74 Å². The molecule has 0 aliphatic heterocycles. The first-order valence-corrected chi connectivity index (χ1v) is 8.75. The normalized spacial score (nSPS) is 11.3. The fourth-order valence-electron chi connectivity index (χ4n) is 2.06. The lowest BCUT2D eigenvalue weighted by Crippen LogP contribution is -2.30. The van der Waals surface area contributed by atoms with Crippen LogP contribution in [0.25, 0.3) is 0 Å². The first-order valence-electron chi connectivity index (χ1n) is 6.52. The highest BCUT2D eigenvalue weighted by Crippen LogP contribution is 2.28. The van der Waals surface area contributed by atoms with E-state index in [1.165, 1.54) is 23.5 Å².